The summed E-state index contributed by atoms with van der Waals surface area (Å²) in [6, 6.07) is 4.93. The Bertz CT molecular complexity index is 921. The molecule has 0 spiro atoms. The van der Waals surface area contributed by atoms with Gasteiger partial charge in [-0.15, -0.1) is 11.3 Å². The van der Waals surface area contributed by atoms with Crippen LogP contribution in [0.4, 0.5) is 13.2 Å². The van der Waals surface area contributed by atoms with E-state index in [-0.39, 0.29) is 0 Å². The van der Waals surface area contributed by atoms with Crippen LogP contribution in [-0.4, -0.2) is 19.6 Å². The van der Waals surface area contributed by atoms with Crippen LogP contribution in [0.5, 0.6) is 0 Å². The predicted molar refractivity (Wildman–Crippen MR) is 82.4 cm³/mol. The van der Waals surface area contributed by atoms with Gasteiger partial charge in [0.1, 0.15) is 5.69 Å². The lowest BCUT2D eigenvalue weighted by Crippen LogP contribution is -2.03. The molecule has 0 aliphatic heterocycles. The van der Waals surface area contributed by atoms with Crippen molar-refractivity contribution in [1.29, 1.82) is 0 Å². The van der Waals surface area contributed by atoms with Gasteiger partial charge in [-0.1, -0.05) is 23.5 Å². The summed E-state index contributed by atoms with van der Waals surface area (Å²) in [6.07, 6.45) is -2.64. The lowest BCUT2D eigenvalue weighted by molar-refractivity contribution is -0.137. The van der Waals surface area contributed by atoms with Crippen LogP contribution in [0.1, 0.15) is 5.56 Å². The van der Waals surface area contributed by atoms with Crippen molar-refractivity contribution in [1.82, 2.24) is 19.6 Å². The van der Waals surface area contributed by atoms with Crippen molar-refractivity contribution in [3.05, 3.63) is 46.9 Å². The van der Waals surface area contributed by atoms with Gasteiger partial charge in [-0.2, -0.15) is 18.3 Å². The van der Waals surface area contributed by atoms with Crippen molar-refractivity contribution >= 4 is 27.6 Å². The molecule has 0 aliphatic rings. The van der Waals surface area contributed by atoms with Gasteiger partial charge in [0.15, 0.2) is 5.01 Å². The van der Waals surface area contributed by atoms with E-state index in [0.29, 0.717) is 16.2 Å². The number of fused-ring (bicyclic) bond motifs is 1. The van der Waals surface area contributed by atoms with Crippen molar-refractivity contribution in [3.8, 4) is 22.0 Å². The third kappa shape index (κ3) is 2.62. The average molecular weight is 352 g/mol. The zero-order chi connectivity index (χ0) is 16.0. The molecule has 0 radical (unpaired) electrons. The van der Waals surface area contributed by atoms with E-state index in [0.717, 1.165) is 22.8 Å². The number of rotatable bonds is 2. The molecule has 3 aromatic heterocycles. The van der Waals surface area contributed by atoms with Crippen LogP contribution in [0, 0.1) is 0 Å². The Morgan fingerprint density at radius 2 is 1.83 bits per heavy atom. The minimum Gasteiger partial charge on any atom is -0.242 e. The number of hydrogen-bond acceptors (Lipinski definition) is 5. The Balaban J connectivity index is 1.68. The van der Waals surface area contributed by atoms with Crippen LogP contribution >= 0.6 is 22.7 Å². The van der Waals surface area contributed by atoms with Gasteiger partial charge >= 0.3 is 6.18 Å². The molecule has 4 rings (SSSR count). The van der Waals surface area contributed by atoms with Crippen LogP contribution in [0.2, 0.25) is 0 Å². The molecule has 0 aliphatic carbocycles. The van der Waals surface area contributed by atoms with Crippen molar-refractivity contribution in [2.45, 2.75) is 6.18 Å². The SMILES string of the molecule is FC(F)(F)c1ccc(-c2cn3nc(-c4cscn4)sc3n2)cc1. The van der Waals surface area contributed by atoms with Gasteiger partial charge in [-0.25, -0.2) is 14.5 Å². The van der Waals surface area contributed by atoms with Gasteiger partial charge in [0.05, 0.1) is 23.0 Å². The minimum atomic E-state index is -4.34. The number of hydrogen-bond donors (Lipinski definition) is 0. The van der Waals surface area contributed by atoms with Gasteiger partial charge in [0.2, 0.25) is 4.96 Å². The second kappa shape index (κ2) is 5.14. The maximum atomic E-state index is 12.6. The van der Waals surface area contributed by atoms with Crippen LogP contribution in [0.25, 0.3) is 26.9 Å². The highest BCUT2D eigenvalue weighted by molar-refractivity contribution is 7.20. The fourth-order valence-electron chi connectivity index (χ4n) is 2.09. The summed E-state index contributed by atoms with van der Waals surface area (Å²) in [5.41, 5.74) is 3.05. The van der Waals surface area contributed by atoms with E-state index >= 15 is 0 Å². The maximum absolute atomic E-state index is 12.6. The molecule has 23 heavy (non-hydrogen) atoms. The van der Waals surface area contributed by atoms with E-state index in [1.54, 1.807) is 16.2 Å². The highest BCUT2D eigenvalue weighted by Gasteiger charge is 2.30. The first-order valence-corrected chi connectivity index (χ1v) is 8.19. The van der Waals surface area contributed by atoms with Crippen molar-refractivity contribution < 1.29 is 13.2 Å². The summed E-state index contributed by atoms with van der Waals surface area (Å²) in [4.78, 5) is 9.28. The average Bonchev–Trinajstić information content (AvgIpc) is 3.21. The van der Waals surface area contributed by atoms with Gasteiger partial charge in [-0.05, 0) is 12.1 Å². The molecule has 0 amide bonds. The van der Waals surface area contributed by atoms with Gasteiger partial charge in [0, 0.05) is 10.9 Å². The van der Waals surface area contributed by atoms with E-state index in [1.165, 1.54) is 34.8 Å². The van der Waals surface area contributed by atoms with Gasteiger partial charge < -0.3 is 0 Å². The highest BCUT2D eigenvalue weighted by Crippen LogP contribution is 2.32. The van der Waals surface area contributed by atoms with Crippen LogP contribution in [0.3, 0.4) is 0 Å². The van der Waals surface area contributed by atoms with Crippen LogP contribution in [-0.2, 0) is 6.18 Å². The minimum absolute atomic E-state index is 0.585. The van der Waals surface area contributed by atoms with Crippen molar-refractivity contribution in [2.75, 3.05) is 0 Å². The lowest BCUT2D eigenvalue weighted by atomic mass is 10.1. The fraction of sp³-hybridized carbons (Fsp3) is 0.0714. The molecule has 9 heteroatoms. The predicted octanol–water partition coefficient (Wildman–Crippen LogP) is 4.60. The van der Waals surface area contributed by atoms with E-state index in [1.807, 2.05) is 5.38 Å². The fourth-order valence-corrected chi connectivity index (χ4v) is 3.55. The number of benzene rings is 1. The second-order valence-electron chi connectivity index (χ2n) is 4.71. The Kier molecular flexibility index (Phi) is 3.20. The van der Waals surface area contributed by atoms with E-state index in [9.17, 15) is 13.2 Å². The summed E-state index contributed by atoms with van der Waals surface area (Å²) in [7, 11) is 0. The topological polar surface area (TPSA) is 43.1 Å². The molecule has 0 saturated carbocycles. The number of aromatic nitrogens is 4. The summed E-state index contributed by atoms with van der Waals surface area (Å²) < 4.78 is 39.4. The van der Waals surface area contributed by atoms with E-state index in [4.69, 9.17) is 0 Å². The molecule has 0 saturated heterocycles. The number of alkyl halides is 3. The first-order valence-electron chi connectivity index (χ1n) is 6.43. The quantitative estimate of drug-likeness (QED) is 0.529. The molecule has 4 aromatic rings. The zero-order valence-electron chi connectivity index (χ0n) is 11.3. The normalized spacial score (nSPS) is 12.1. The molecule has 1 aromatic carbocycles. The highest BCUT2D eigenvalue weighted by atomic mass is 32.1. The molecular weight excluding hydrogens is 345 g/mol. The van der Waals surface area contributed by atoms with E-state index in [2.05, 4.69) is 15.1 Å². The molecule has 116 valence electrons. The largest absolute Gasteiger partial charge is 0.416 e. The van der Waals surface area contributed by atoms with Crippen LogP contribution < -0.4 is 0 Å². The zero-order valence-corrected chi connectivity index (χ0v) is 12.9. The van der Waals surface area contributed by atoms with Crippen molar-refractivity contribution in [3.63, 3.8) is 0 Å². The first-order chi connectivity index (χ1) is 11.0. The Morgan fingerprint density at radius 3 is 2.43 bits per heavy atom. The molecule has 0 bridgehead atoms. The summed E-state index contributed by atoms with van der Waals surface area (Å²) >= 11 is 2.87. The number of halogens is 3. The Hall–Kier alpha value is -2.26. The Labute approximate surface area is 135 Å². The lowest BCUT2D eigenvalue weighted by Gasteiger charge is -2.06. The molecule has 3 heterocycles. The third-order valence-corrected chi connectivity index (χ3v) is 4.73. The smallest absolute Gasteiger partial charge is 0.242 e. The molecule has 0 atom stereocenters. The molecule has 0 fully saturated rings. The maximum Gasteiger partial charge on any atom is 0.416 e. The molecule has 0 unspecified atom stereocenters. The summed E-state index contributed by atoms with van der Waals surface area (Å²) in [5, 5.41) is 7.05. The first kappa shape index (κ1) is 14.3. The summed E-state index contributed by atoms with van der Waals surface area (Å²) in [6.45, 7) is 0. The van der Waals surface area contributed by atoms with Crippen molar-refractivity contribution in [2.24, 2.45) is 0 Å². The molecule has 0 N–H and O–H groups in total. The number of imidazole rings is 1. The molecule has 4 nitrogen and oxygen atoms in total. The second-order valence-corrected chi connectivity index (χ2v) is 6.38. The van der Waals surface area contributed by atoms with Gasteiger partial charge in [0.25, 0.3) is 0 Å². The Morgan fingerprint density at radius 1 is 1.04 bits per heavy atom. The molecular formula is C14H7F3N4S2. The monoisotopic (exact) mass is 352 g/mol. The standard InChI is InChI=1S/C14H7F3N4S2/c15-14(16,17)9-3-1-8(2-4-9)10-5-21-13(19-10)23-12(20-21)11-6-22-7-18-11/h1-7H. The van der Waals surface area contributed by atoms with Crippen LogP contribution in [0.15, 0.2) is 41.4 Å². The van der Waals surface area contributed by atoms with Gasteiger partial charge in [-0.3, -0.25) is 0 Å². The third-order valence-electron chi connectivity index (χ3n) is 3.20. The number of nitrogens with zero attached hydrogens (tertiary/aromatic N) is 4. The number of thiazole rings is 1. The summed E-state index contributed by atoms with van der Waals surface area (Å²) in [5.74, 6) is 0. The van der Waals surface area contributed by atoms with E-state index < -0.39 is 11.7 Å².